The molecular weight excluding hydrogens is 156 g/mol. The lowest BCUT2D eigenvalue weighted by Gasteiger charge is -1.94. The van der Waals surface area contributed by atoms with E-state index >= 15 is 0 Å². The molecular formula is C8H10N2O2. The van der Waals surface area contributed by atoms with E-state index in [4.69, 9.17) is 0 Å². The number of aliphatic hydroxyl groups excluding tert-OH is 1. The van der Waals surface area contributed by atoms with E-state index in [0.717, 1.165) is 5.69 Å². The molecule has 1 aromatic heterocycles. The minimum Gasteiger partial charge on any atom is -0.387 e. The third kappa shape index (κ3) is 0.956. The molecule has 0 aromatic carbocycles. The van der Waals surface area contributed by atoms with Crippen molar-refractivity contribution in [3.05, 3.63) is 17.5 Å². The second-order valence-corrected chi connectivity index (χ2v) is 3.04. The molecule has 0 amide bonds. The summed E-state index contributed by atoms with van der Waals surface area (Å²) in [7, 11) is 0. The van der Waals surface area contributed by atoms with Crippen LogP contribution < -0.4 is 0 Å². The minimum atomic E-state index is -0.439. The molecule has 0 spiro atoms. The number of nitrogens with zero attached hydrogens (tertiary/aromatic N) is 2. The summed E-state index contributed by atoms with van der Waals surface area (Å²) in [6.07, 6.45) is 0.270. The van der Waals surface area contributed by atoms with Crippen LogP contribution in [0.2, 0.25) is 0 Å². The number of aryl methyl sites for hydroxylation is 1. The average Bonchev–Trinajstić information content (AvgIpc) is 2.53. The highest BCUT2D eigenvalue weighted by Crippen LogP contribution is 2.25. The van der Waals surface area contributed by atoms with E-state index < -0.39 is 6.10 Å². The number of carbonyl (C=O) groups excluding carboxylic acids is 1. The topological polar surface area (TPSA) is 55.1 Å². The van der Waals surface area contributed by atoms with E-state index in [1.807, 2.05) is 0 Å². The highest BCUT2D eigenvalue weighted by Gasteiger charge is 2.23. The first-order valence-electron chi connectivity index (χ1n) is 3.95. The summed E-state index contributed by atoms with van der Waals surface area (Å²) < 4.78 is 1.70. The third-order valence-corrected chi connectivity index (χ3v) is 2.13. The van der Waals surface area contributed by atoms with Gasteiger partial charge in [-0.3, -0.25) is 9.48 Å². The largest absolute Gasteiger partial charge is 0.387 e. The van der Waals surface area contributed by atoms with Crippen LogP contribution in [0.3, 0.4) is 0 Å². The summed E-state index contributed by atoms with van der Waals surface area (Å²) in [6.45, 7) is 2.19. The first-order chi connectivity index (χ1) is 5.68. The van der Waals surface area contributed by atoms with Gasteiger partial charge in [0.05, 0.1) is 11.8 Å². The van der Waals surface area contributed by atoms with Crippen LogP contribution >= 0.6 is 0 Å². The van der Waals surface area contributed by atoms with Crippen LogP contribution in [-0.2, 0) is 6.54 Å². The van der Waals surface area contributed by atoms with Crippen molar-refractivity contribution in [1.29, 1.82) is 0 Å². The van der Waals surface area contributed by atoms with Gasteiger partial charge in [-0.15, -0.1) is 0 Å². The van der Waals surface area contributed by atoms with Crippen LogP contribution in [0, 0.1) is 0 Å². The van der Waals surface area contributed by atoms with E-state index in [0.29, 0.717) is 18.7 Å². The van der Waals surface area contributed by atoms with Gasteiger partial charge < -0.3 is 5.11 Å². The van der Waals surface area contributed by atoms with Crippen molar-refractivity contribution < 1.29 is 9.90 Å². The number of aliphatic hydroxyl groups is 1. The lowest BCUT2D eigenvalue weighted by atomic mass is 10.2. The summed E-state index contributed by atoms with van der Waals surface area (Å²) >= 11 is 0. The molecule has 1 N–H and O–H groups in total. The molecule has 0 radical (unpaired) electrons. The van der Waals surface area contributed by atoms with E-state index in [1.165, 1.54) is 6.92 Å². The molecule has 1 aliphatic heterocycles. The van der Waals surface area contributed by atoms with Gasteiger partial charge in [0.15, 0.2) is 5.78 Å². The molecule has 1 aliphatic rings. The first-order valence-corrected chi connectivity index (χ1v) is 3.95. The van der Waals surface area contributed by atoms with Crippen molar-refractivity contribution in [3.8, 4) is 0 Å². The molecule has 12 heavy (non-hydrogen) atoms. The number of hydrogen-bond acceptors (Lipinski definition) is 3. The van der Waals surface area contributed by atoms with Gasteiger partial charge in [0, 0.05) is 13.5 Å². The van der Waals surface area contributed by atoms with Gasteiger partial charge >= 0.3 is 0 Å². The molecule has 0 saturated heterocycles. The van der Waals surface area contributed by atoms with Crippen molar-refractivity contribution in [2.45, 2.75) is 26.0 Å². The Hall–Kier alpha value is -1.16. The second kappa shape index (κ2) is 2.42. The molecule has 64 valence electrons. The predicted octanol–water partition coefficient (Wildman–Crippen LogP) is 0.523. The quantitative estimate of drug-likeness (QED) is 0.619. The maximum absolute atomic E-state index is 10.9. The van der Waals surface area contributed by atoms with E-state index in [-0.39, 0.29) is 5.78 Å². The maximum Gasteiger partial charge on any atom is 0.179 e. The van der Waals surface area contributed by atoms with Gasteiger partial charge in [-0.2, -0.15) is 5.10 Å². The van der Waals surface area contributed by atoms with Crippen molar-refractivity contribution in [1.82, 2.24) is 9.78 Å². The monoisotopic (exact) mass is 166 g/mol. The van der Waals surface area contributed by atoms with E-state index in [1.54, 1.807) is 10.7 Å². The van der Waals surface area contributed by atoms with Crippen LogP contribution in [0.4, 0.5) is 0 Å². The summed E-state index contributed by atoms with van der Waals surface area (Å²) in [5.74, 6) is -0.0518. The van der Waals surface area contributed by atoms with Crippen molar-refractivity contribution in [2.75, 3.05) is 0 Å². The van der Waals surface area contributed by atoms with Gasteiger partial charge in [0.1, 0.15) is 5.69 Å². The van der Waals surface area contributed by atoms with Crippen LogP contribution in [0.5, 0.6) is 0 Å². The average molecular weight is 166 g/mol. The fraction of sp³-hybridized carbons (Fsp3) is 0.500. The van der Waals surface area contributed by atoms with Gasteiger partial charge in [-0.1, -0.05) is 0 Å². The molecule has 0 saturated carbocycles. The predicted molar refractivity (Wildman–Crippen MR) is 41.8 cm³/mol. The number of ketones is 1. The lowest BCUT2D eigenvalue weighted by molar-refractivity contribution is 0.101. The zero-order valence-electron chi connectivity index (χ0n) is 6.82. The maximum atomic E-state index is 10.9. The van der Waals surface area contributed by atoms with Crippen molar-refractivity contribution >= 4 is 5.78 Å². The molecule has 0 aliphatic carbocycles. The number of hydrogen-bond donors (Lipinski definition) is 1. The first kappa shape index (κ1) is 7.49. The number of rotatable bonds is 1. The fourth-order valence-electron chi connectivity index (χ4n) is 1.44. The molecule has 2 rings (SSSR count). The summed E-state index contributed by atoms with van der Waals surface area (Å²) in [4.78, 5) is 10.9. The summed E-state index contributed by atoms with van der Waals surface area (Å²) in [5.41, 5.74) is 1.21. The Morgan fingerprint density at radius 1 is 1.83 bits per heavy atom. The van der Waals surface area contributed by atoms with Crippen LogP contribution in [0.25, 0.3) is 0 Å². The second-order valence-electron chi connectivity index (χ2n) is 3.04. The highest BCUT2D eigenvalue weighted by molar-refractivity contribution is 5.92. The zero-order valence-corrected chi connectivity index (χ0v) is 6.82. The third-order valence-electron chi connectivity index (χ3n) is 2.13. The van der Waals surface area contributed by atoms with Gasteiger partial charge in [-0.25, -0.2) is 0 Å². The Balaban J connectivity index is 2.43. The van der Waals surface area contributed by atoms with E-state index in [9.17, 15) is 9.90 Å². The SMILES string of the molecule is CC(=O)c1cc2n(n1)CCC2O. The van der Waals surface area contributed by atoms with Crippen molar-refractivity contribution in [3.63, 3.8) is 0 Å². The smallest absolute Gasteiger partial charge is 0.179 e. The molecule has 0 fully saturated rings. The number of carbonyl (C=O) groups is 1. The molecule has 1 aromatic rings. The normalized spacial score (nSPS) is 21.0. The highest BCUT2D eigenvalue weighted by atomic mass is 16.3. The van der Waals surface area contributed by atoms with E-state index in [2.05, 4.69) is 5.10 Å². The summed E-state index contributed by atoms with van der Waals surface area (Å²) in [6, 6.07) is 1.67. The molecule has 2 heterocycles. The molecule has 4 heteroatoms. The number of aromatic nitrogens is 2. The van der Waals surface area contributed by atoms with Crippen molar-refractivity contribution in [2.24, 2.45) is 0 Å². The molecule has 4 nitrogen and oxygen atoms in total. The minimum absolute atomic E-state index is 0.0518. The number of fused-ring (bicyclic) bond motifs is 1. The Morgan fingerprint density at radius 3 is 3.17 bits per heavy atom. The Bertz CT molecular complexity index is 330. The Morgan fingerprint density at radius 2 is 2.58 bits per heavy atom. The van der Waals surface area contributed by atoms with Crippen LogP contribution in [-0.4, -0.2) is 20.7 Å². The molecule has 1 atom stereocenters. The number of Topliss-reactive ketones (excluding diaryl/α,β-unsaturated/α-hetero) is 1. The van der Waals surface area contributed by atoms with Gasteiger partial charge in [0.2, 0.25) is 0 Å². The summed E-state index contributed by atoms with van der Waals surface area (Å²) in [5, 5.41) is 13.5. The van der Waals surface area contributed by atoms with Crippen LogP contribution in [0.1, 0.15) is 35.6 Å². The van der Waals surface area contributed by atoms with Gasteiger partial charge in [-0.05, 0) is 12.5 Å². The lowest BCUT2D eigenvalue weighted by Crippen LogP contribution is -1.98. The Labute approximate surface area is 69.8 Å². The fourth-order valence-corrected chi connectivity index (χ4v) is 1.44. The Kier molecular flexibility index (Phi) is 1.51. The standard InChI is InChI=1S/C8H10N2O2/c1-5(11)6-4-7-8(12)2-3-10(7)9-6/h4,8,12H,2-3H2,1H3. The van der Waals surface area contributed by atoms with Crippen LogP contribution in [0.15, 0.2) is 6.07 Å². The molecule has 0 bridgehead atoms. The zero-order chi connectivity index (χ0) is 8.72. The molecule has 1 unspecified atom stereocenters. The van der Waals surface area contributed by atoms with Gasteiger partial charge in [0.25, 0.3) is 0 Å².